The largest absolute Gasteiger partial charge is 0.573 e. The second-order valence-electron chi connectivity index (χ2n) is 4.24. The Bertz CT molecular complexity index is 750. The van der Waals surface area contributed by atoms with Crippen LogP contribution in [0.15, 0.2) is 36.4 Å². The monoisotopic (exact) mass is 367 g/mol. The highest BCUT2D eigenvalue weighted by molar-refractivity contribution is 6.37. The third kappa shape index (κ3) is 4.49. The van der Waals surface area contributed by atoms with Gasteiger partial charge in [0.05, 0.1) is 21.3 Å². The van der Waals surface area contributed by atoms with E-state index in [-0.39, 0.29) is 21.3 Å². The van der Waals surface area contributed by atoms with Crippen molar-refractivity contribution in [3.05, 3.63) is 57.8 Å². The van der Waals surface area contributed by atoms with Crippen LogP contribution in [0.5, 0.6) is 5.75 Å². The lowest BCUT2D eigenvalue weighted by Gasteiger charge is -2.14. The summed E-state index contributed by atoms with van der Waals surface area (Å²) in [4.78, 5) is 12.1. The zero-order valence-electron chi connectivity index (χ0n) is 11.0. The van der Waals surface area contributed by atoms with E-state index in [1.807, 2.05) is 0 Å². The number of ether oxygens (including phenoxy) is 1. The number of anilines is 1. The van der Waals surface area contributed by atoms with Crippen molar-refractivity contribution in [1.82, 2.24) is 0 Å². The maximum Gasteiger partial charge on any atom is 0.573 e. The molecule has 2 rings (SSSR count). The van der Waals surface area contributed by atoms with Gasteiger partial charge in [-0.05, 0) is 24.3 Å². The van der Waals surface area contributed by atoms with E-state index in [2.05, 4.69) is 10.1 Å². The minimum absolute atomic E-state index is 0.150. The highest BCUT2D eigenvalue weighted by atomic mass is 35.5. The number of carbonyl (C=O) groups is 1. The highest BCUT2D eigenvalue weighted by Crippen LogP contribution is 2.31. The molecule has 0 aliphatic carbocycles. The van der Waals surface area contributed by atoms with Crippen molar-refractivity contribution in [3.8, 4) is 5.75 Å². The van der Waals surface area contributed by atoms with E-state index in [0.717, 1.165) is 18.2 Å². The summed E-state index contributed by atoms with van der Waals surface area (Å²) in [6.45, 7) is 0. The fourth-order valence-corrected chi connectivity index (χ4v) is 2.14. The van der Waals surface area contributed by atoms with Gasteiger partial charge in [-0.2, -0.15) is 0 Å². The molecule has 0 saturated carbocycles. The van der Waals surface area contributed by atoms with Crippen LogP contribution in [-0.2, 0) is 0 Å². The Labute approximate surface area is 137 Å². The molecule has 23 heavy (non-hydrogen) atoms. The summed E-state index contributed by atoms with van der Waals surface area (Å²) in [5.74, 6) is -2.41. The zero-order chi connectivity index (χ0) is 17.2. The van der Waals surface area contributed by atoms with Crippen LogP contribution in [0.25, 0.3) is 0 Å². The Morgan fingerprint density at radius 3 is 2.39 bits per heavy atom. The molecule has 9 heteroatoms. The number of amides is 1. The lowest BCUT2D eigenvalue weighted by molar-refractivity contribution is -0.274. The average Bonchev–Trinajstić information content (AvgIpc) is 2.43. The van der Waals surface area contributed by atoms with Crippen molar-refractivity contribution in [3.63, 3.8) is 0 Å². The molecule has 0 fully saturated rings. The number of nitrogens with one attached hydrogen (secondary N) is 1. The third-order valence-corrected chi connectivity index (χ3v) is 3.22. The number of hydrogen-bond acceptors (Lipinski definition) is 2. The van der Waals surface area contributed by atoms with Crippen LogP contribution in [0.1, 0.15) is 10.4 Å². The molecule has 0 spiro atoms. The molecule has 0 saturated heterocycles. The van der Waals surface area contributed by atoms with Gasteiger partial charge in [0.2, 0.25) is 0 Å². The van der Waals surface area contributed by atoms with E-state index in [4.69, 9.17) is 23.2 Å². The van der Waals surface area contributed by atoms with Crippen molar-refractivity contribution in [2.45, 2.75) is 6.36 Å². The predicted molar refractivity (Wildman–Crippen MR) is 77.5 cm³/mol. The summed E-state index contributed by atoms with van der Waals surface area (Å²) in [6.07, 6.45) is -4.93. The lowest BCUT2D eigenvalue weighted by Crippen LogP contribution is -2.19. The van der Waals surface area contributed by atoms with Crippen LogP contribution in [-0.4, -0.2) is 12.3 Å². The molecule has 0 radical (unpaired) electrons. The summed E-state index contributed by atoms with van der Waals surface area (Å²) >= 11 is 11.3. The maximum absolute atomic E-state index is 13.4. The molecule has 122 valence electrons. The smallest absolute Gasteiger partial charge is 0.404 e. The van der Waals surface area contributed by atoms with Crippen LogP contribution >= 0.6 is 23.2 Å². The van der Waals surface area contributed by atoms with Crippen LogP contribution in [0.4, 0.5) is 23.2 Å². The topological polar surface area (TPSA) is 38.3 Å². The fourth-order valence-electron chi connectivity index (χ4n) is 1.67. The molecular weight excluding hydrogens is 361 g/mol. The third-order valence-electron chi connectivity index (χ3n) is 2.62. The molecule has 2 aromatic carbocycles. The predicted octanol–water partition coefficient (Wildman–Crippen LogP) is 5.28. The van der Waals surface area contributed by atoms with Crippen LogP contribution in [0.3, 0.4) is 0 Å². The molecule has 1 N–H and O–H groups in total. The van der Waals surface area contributed by atoms with E-state index in [9.17, 15) is 22.4 Å². The van der Waals surface area contributed by atoms with Crippen LogP contribution in [0.2, 0.25) is 10.0 Å². The van der Waals surface area contributed by atoms with E-state index < -0.39 is 23.8 Å². The molecule has 0 unspecified atom stereocenters. The molecule has 0 bridgehead atoms. The average molecular weight is 368 g/mol. The molecule has 0 aliphatic heterocycles. The van der Waals surface area contributed by atoms with Crippen molar-refractivity contribution in [2.24, 2.45) is 0 Å². The van der Waals surface area contributed by atoms with Crippen molar-refractivity contribution >= 4 is 34.8 Å². The number of carbonyl (C=O) groups excluding carboxylic acids is 1. The molecule has 0 heterocycles. The van der Waals surface area contributed by atoms with Gasteiger partial charge in [0.25, 0.3) is 5.91 Å². The molecule has 0 aliphatic rings. The molecule has 1 amide bonds. The van der Waals surface area contributed by atoms with Gasteiger partial charge in [-0.3, -0.25) is 4.79 Å². The van der Waals surface area contributed by atoms with Crippen molar-refractivity contribution in [2.75, 3.05) is 5.32 Å². The maximum atomic E-state index is 13.4. The van der Waals surface area contributed by atoms with E-state index in [0.29, 0.717) is 0 Å². The molecular formula is C14H7Cl2F4NO2. The van der Waals surface area contributed by atoms with Gasteiger partial charge in [-0.25, -0.2) is 4.39 Å². The van der Waals surface area contributed by atoms with Gasteiger partial charge in [0, 0.05) is 0 Å². The summed E-state index contributed by atoms with van der Waals surface area (Å²) in [7, 11) is 0. The lowest BCUT2D eigenvalue weighted by atomic mass is 10.2. The highest BCUT2D eigenvalue weighted by Gasteiger charge is 2.32. The minimum atomic E-state index is -4.93. The minimum Gasteiger partial charge on any atom is -0.404 e. The standard InChI is InChI=1S/C14H7Cl2F4NO2/c15-8-6-9(16)10(17)5-7(8)13(22)21-11-3-1-2-4-12(11)23-14(18,19)20/h1-6H,(H,21,22). The first-order valence-electron chi connectivity index (χ1n) is 5.98. The van der Waals surface area contributed by atoms with Gasteiger partial charge in [0.15, 0.2) is 5.75 Å². The summed E-state index contributed by atoms with van der Waals surface area (Å²) in [6, 6.07) is 6.71. The summed E-state index contributed by atoms with van der Waals surface area (Å²) in [5.41, 5.74) is -0.531. The van der Waals surface area contributed by atoms with E-state index in [1.165, 1.54) is 18.2 Å². The Balaban J connectivity index is 2.30. The number of para-hydroxylation sites is 2. The summed E-state index contributed by atoms with van der Waals surface area (Å²) in [5, 5.41) is 1.74. The second-order valence-corrected chi connectivity index (χ2v) is 5.06. The molecule has 0 atom stereocenters. The Hall–Kier alpha value is -1.99. The second kappa shape index (κ2) is 6.64. The van der Waals surface area contributed by atoms with Crippen molar-refractivity contribution < 1.29 is 27.1 Å². The first-order chi connectivity index (χ1) is 10.7. The van der Waals surface area contributed by atoms with Gasteiger partial charge in [0.1, 0.15) is 5.82 Å². The van der Waals surface area contributed by atoms with Gasteiger partial charge in [-0.1, -0.05) is 35.3 Å². The Kier molecular flexibility index (Phi) is 5.01. The Morgan fingerprint density at radius 1 is 1.09 bits per heavy atom. The quantitative estimate of drug-likeness (QED) is 0.591. The zero-order valence-corrected chi connectivity index (χ0v) is 12.6. The first kappa shape index (κ1) is 17.4. The molecule has 3 nitrogen and oxygen atoms in total. The number of hydrogen-bond donors (Lipinski definition) is 1. The number of alkyl halides is 3. The van der Waals surface area contributed by atoms with Crippen LogP contribution < -0.4 is 10.1 Å². The van der Waals surface area contributed by atoms with Crippen molar-refractivity contribution in [1.29, 1.82) is 0 Å². The fraction of sp³-hybridized carbons (Fsp3) is 0.0714. The number of halogens is 6. The summed E-state index contributed by atoms with van der Waals surface area (Å²) < 4.78 is 54.2. The first-order valence-corrected chi connectivity index (χ1v) is 6.73. The van der Waals surface area contributed by atoms with Gasteiger partial charge in [-0.15, -0.1) is 13.2 Å². The van der Waals surface area contributed by atoms with E-state index >= 15 is 0 Å². The molecule has 2 aromatic rings. The van der Waals surface area contributed by atoms with Crippen LogP contribution in [0, 0.1) is 5.82 Å². The normalized spacial score (nSPS) is 11.2. The Morgan fingerprint density at radius 2 is 1.74 bits per heavy atom. The van der Waals surface area contributed by atoms with Gasteiger partial charge < -0.3 is 10.1 Å². The SMILES string of the molecule is O=C(Nc1ccccc1OC(F)(F)F)c1cc(F)c(Cl)cc1Cl. The number of benzene rings is 2. The van der Waals surface area contributed by atoms with E-state index in [1.54, 1.807) is 0 Å². The van der Waals surface area contributed by atoms with Gasteiger partial charge >= 0.3 is 6.36 Å². The number of rotatable bonds is 3. The molecule has 0 aromatic heterocycles.